The second-order valence-electron chi connectivity index (χ2n) is 6.03. The van der Waals surface area contributed by atoms with Gasteiger partial charge in [0.1, 0.15) is 5.82 Å². The molecule has 0 unspecified atom stereocenters. The summed E-state index contributed by atoms with van der Waals surface area (Å²) in [6, 6.07) is 5.26. The molecule has 1 heterocycles. The zero-order valence-corrected chi connectivity index (χ0v) is 19.0. The number of guanidine groups is 1. The van der Waals surface area contributed by atoms with E-state index in [9.17, 15) is 4.39 Å². The lowest BCUT2D eigenvalue weighted by atomic mass is 10.2. The standard InChI is InChI=1S/C18H26FN5S.HI/c1-12-13(2)25-17(23-12)8-9-21-18(20-3)22-11-14-6-7-16(24(4)5)15(19)10-14;/h6-7,10H,8-9,11H2,1-5H3,(H2,20,21,22);1H. The van der Waals surface area contributed by atoms with Crippen LogP contribution in [0.5, 0.6) is 0 Å². The van der Waals surface area contributed by atoms with Gasteiger partial charge >= 0.3 is 0 Å². The first-order chi connectivity index (χ1) is 11.9. The fraction of sp³-hybridized carbons (Fsp3) is 0.444. The Kier molecular flexibility index (Phi) is 9.28. The Hall–Kier alpha value is -1.42. The quantitative estimate of drug-likeness (QED) is 0.369. The Morgan fingerprint density at radius 1 is 1.27 bits per heavy atom. The summed E-state index contributed by atoms with van der Waals surface area (Å²) in [6.45, 7) is 5.38. The molecule has 0 saturated heterocycles. The van der Waals surface area contributed by atoms with Gasteiger partial charge < -0.3 is 15.5 Å². The van der Waals surface area contributed by atoms with Crippen LogP contribution in [0.3, 0.4) is 0 Å². The van der Waals surface area contributed by atoms with Gasteiger partial charge in [-0.05, 0) is 31.5 Å². The van der Waals surface area contributed by atoms with Crippen molar-refractivity contribution in [1.29, 1.82) is 0 Å². The number of anilines is 1. The van der Waals surface area contributed by atoms with Crippen molar-refractivity contribution >= 4 is 47.0 Å². The molecule has 2 aromatic rings. The second-order valence-corrected chi connectivity index (χ2v) is 7.32. The van der Waals surface area contributed by atoms with Crippen molar-refractivity contribution in [1.82, 2.24) is 15.6 Å². The highest BCUT2D eigenvalue weighted by Crippen LogP contribution is 2.18. The Balaban J connectivity index is 0.00000338. The summed E-state index contributed by atoms with van der Waals surface area (Å²) in [5, 5.41) is 7.60. The molecular weight excluding hydrogens is 464 g/mol. The average molecular weight is 491 g/mol. The minimum Gasteiger partial charge on any atom is -0.375 e. The molecule has 0 spiro atoms. The van der Waals surface area contributed by atoms with E-state index < -0.39 is 0 Å². The van der Waals surface area contributed by atoms with Gasteiger partial charge in [0.15, 0.2) is 5.96 Å². The maximum absolute atomic E-state index is 14.0. The van der Waals surface area contributed by atoms with Crippen LogP contribution in [0.1, 0.15) is 21.1 Å². The number of hydrogen-bond acceptors (Lipinski definition) is 4. The van der Waals surface area contributed by atoms with Gasteiger partial charge in [0.05, 0.1) is 16.4 Å². The number of halogens is 2. The Morgan fingerprint density at radius 3 is 2.54 bits per heavy atom. The van der Waals surface area contributed by atoms with E-state index in [4.69, 9.17) is 0 Å². The summed E-state index contributed by atoms with van der Waals surface area (Å²) in [5.74, 6) is 0.476. The number of benzene rings is 1. The molecule has 1 aromatic heterocycles. The Labute approximate surface area is 176 Å². The van der Waals surface area contributed by atoms with Gasteiger partial charge in [0.25, 0.3) is 0 Å². The van der Waals surface area contributed by atoms with E-state index >= 15 is 0 Å². The summed E-state index contributed by atoms with van der Waals surface area (Å²) >= 11 is 1.73. The minimum absolute atomic E-state index is 0. The fourth-order valence-corrected chi connectivity index (χ4v) is 3.30. The lowest BCUT2D eigenvalue weighted by molar-refractivity contribution is 0.623. The summed E-state index contributed by atoms with van der Waals surface area (Å²) in [4.78, 5) is 11.8. The molecule has 0 aliphatic carbocycles. The smallest absolute Gasteiger partial charge is 0.191 e. The number of hydrogen-bond donors (Lipinski definition) is 2. The lowest BCUT2D eigenvalue weighted by Crippen LogP contribution is -2.37. The first kappa shape index (κ1) is 22.6. The van der Waals surface area contributed by atoms with Crippen LogP contribution in [-0.2, 0) is 13.0 Å². The molecule has 144 valence electrons. The second kappa shape index (κ2) is 10.7. The molecule has 0 fully saturated rings. The number of aliphatic imine (C=N–C) groups is 1. The van der Waals surface area contributed by atoms with Crippen molar-refractivity contribution in [3.05, 3.63) is 45.2 Å². The molecular formula is C18H27FIN5S. The van der Waals surface area contributed by atoms with Crippen molar-refractivity contribution in [2.75, 3.05) is 32.6 Å². The normalized spacial score (nSPS) is 11.1. The van der Waals surface area contributed by atoms with Gasteiger partial charge in [-0.3, -0.25) is 4.99 Å². The van der Waals surface area contributed by atoms with Crippen molar-refractivity contribution in [2.24, 2.45) is 4.99 Å². The summed E-state index contributed by atoms with van der Waals surface area (Å²) in [7, 11) is 5.38. The largest absolute Gasteiger partial charge is 0.375 e. The van der Waals surface area contributed by atoms with E-state index in [1.807, 2.05) is 27.1 Å². The van der Waals surface area contributed by atoms with E-state index in [1.54, 1.807) is 35.4 Å². The van der Waals surface area contributed by atoms with E-state index in [2.05, 4.69) is 27.5 Å². The zero-order valence-electron chi connectivity index (χ0n) is 15.9. The molecule has 2 rings (SSSR count). The molecule has 1 aromatic carbocycles. The lowest BCUT2D eigenvalue weighted by Gasteiger charge is -2.15. The van der Waals surface area contributed by atoms with Crippen LogP contribution >= 0.6 is 35.3 Å². The number of rotatable bonds is 6. The zero-order chi connectivity index (χ0) is 18.4. The molecule has 2 N–H and O–H groups in total. The number of aryl methyl sites for hydroxylation is 2. The highest BCUT2D eigenvalue weighted by Gasteiger charge is 2.07. The van der Waals surface area contributed by atoms with E-state index in [1.165, 1.54) is 4.88 Å². The molecule has 0 amide bonds. The summed E-state index contributed by atoms with van der Waals surface area (Å²) < 4.78 is 14.0. The molecule has 5 nitrogen and oxygen atoms in total. The van der Waals surface area contributed by atoms with Gasteiger partial charge in [-0.2, -0.15) is 0 Å². The first-order valence-electron chi connectivity index (χ1n) is 8.24. The van der Waals surface area contributed by atoms with Crippen molar-refractivity contribution in [3.63, 3.8) is 0 Å². The molecule has 26 heavy (non-hydrogen) atoms. The molecule has 0 bridgehead atoms. The maximum Gasteiger partial charge on any atom is 0.191 e. The predicted octanol–water partition coefficient (Wildman–Crippen LogP) is 3.49. The molecule has 8 heteroatoms. The highest BCUT2D eigenvalue weighted by molar-refractivity contribution is 14.0. The van der Waals surface area contributed by atoms with Gasteiger partial charge in [0, 0.05) is 45.5 Å². The number of nitrogens with zero attached hydrogens (tertiary/aromatic N) is 3. The summed E-state index contributed by atoms with van der Waals surface area (Å²) in [6.07, 6.45) is 0.853. The minimum atomic E-state index is -0.221. The average Bonchev–Trinajstić information content (AvgIpc) is 2.88. The van der Waals surface area contributed by atoms with Crippen molar-refractivity contribution in [3.8, 4) is 0 Å². The van der Waals surface area contributed by atoms with Gasteiger partial charge in [0.2, 0.25) is 0 Å². The van der Waals surface area contributed by atoms with Gasteiger partial charge in [-0.25, -0.2) is 9.37 Å². The van der Waals surface area contributed by atoms with Crippen LogP contribution in [0.25, 0.3) is 0 Å². The molecule has 0 aliphatic heterocycles. The Morgan fingerprint density at radius 2 is 2.00 bits per heavy atom. The van der Waals surface area contributed by atoms with E-state index in [-0.39, 0.29) is 29.8 Å². The van der Waals surface area contributed by atoms with Gasteiger partial charge in [-0.15, -0.1) is 35.3 Å². The third-order valence-electron chi connectivity index (χ3n) is 3.88. The predicted molar refractivity (Wildman–Crippen MR) is 120 cm³/mol. The Bertz CT molecular complexity index is 726. The van der Waals surface area contributed by atoms with Crippen LogP contribution in [0.15, 0.2) is 23.2 Å². The monoisotopic (exact) mass is 491 g/mol. The fourth-order valence-electron chi connectivity index (χ4n) is 2.36. The first-order valence-corrected chi connectivity index (χ1v) is 9.05. The van der Waals surface area contributed by atoms with Crippen molar-refractivity contribution in [2.45, 2.75) is 26.8 Å². The highest BCUT2D eigenvalue weighted by atomic mass is 127. The van der Waals surface area contributed by atoms with Gasteiger partial charge in [-0.1, -0.05) is 6.07 Å². The third kappa shape index (κ3) is 6.39. The van der Waals surface area contributed by atoms with Crippen molar-refractivity contribution < 1.29 is 4.39 Å². The van der Waals surface area contributed by atoms with Crippen LogP contribution in [0.2, 0.25) is 0 Å². The molecule has 0 atom stereocenters. The van der Waals surface area contributed by atoms with E-state index in [0.29, 0.717) is 18.2 Å². The van der Waals surface area contributed by atoms with Crippen LogP contribution < -0.4 is 15.5 Å². The third-order valence-corrected chi connectivity index (χ3v) is 5.01. The topological polar surface area (TPSA) is 52.6 Å². The number of thiazole rings is 1. The molecule has 0 aliphatic rings. The molecule has 0 radical (unpaired) electrons. The van der Waals surface area contributed by atoms with Crippen LogP contribution in [0.4, 0.5) is 10.1 Å². The van der Waals surface area contributed by atoms with Crippen LogP contribution in [0, 0.1) is 19.7 Å². The summed E-state index contributed by atoms with van der Waals surface area (Å²) in [5.41, 5.74) is 2.56. The maximum atomic E-state index is 14.0. The van der Waals surface area contributed by atoms with Crippen LogP contribution in [-0.4, -0.2) is 38.6 Å². The SMILES string of the molecule is CN=C(NCCc1nc(C)c(C)s1)NCc1ccc(N(C)C)c(F)c1.I. The molecule has 0 saturated carbocycles. The number of nitrogens with one attached hydrogen (secondary N) is 2. The van der Waals surface area contributed by atoms with E-state index in [0.717, 1.165) is 29.2 Å². The number of aromatic nitrogens is 1.